The molecule has 0 aliphatic heterocycles. The highest BCUT2D eigenvalue weighted by Gasteiger charge is 1.99. The molecule has 0 aliphatic rings. The van der Waals surface area contributed by atoms with Crippen molar-refractivity contribution in [3.63, 3.8) is 0 Å². The molecule has 0 spiro atoms. The van der Waals surface area contributed by atoms with Crippen molar-refractivity contribution in [1.82, 2.24) is 9.97 Å². The Kier molecular flexibility index (Phi) is 1.85. The third kappa shape index (κ3) is 1.07. The molecule has 0 saturated heterocycles. The zero-order valence-corrected chi connectivity index (χ0v) is 6.47. The van der Waals surface area contributed by atoms with E-state index in [-0.39, 0.29) is 0 Å². The molecule has 0 amide bonds. The fraction of sp³-hybridized carbons (Fsp3) is 0.429. The lowest BCUT2D eigenvalue weighted by atomic mass is 10.3. The predicted molar refractivity (Wildman–Crippen MR) is 41.1 cm³/mol. The molecule has 3 nitrogen and oxygen atoms in total. The minimum Gasteiger partial charge on any atom is -0.385 e. The van der Waals surface area contributed by atoms with Crippen molar-refractivity contribution in [2.24, 2.45) is 0 Å². The van der Waals surface area contributed by atoms with Gasteiger partial charge in [-0.25, -0.2) is 9.97 Å². The maximum Gasteiger partial charge on any atom is 0.116 e. The molecule has 0 fully saturated rings. The quantitative estimate of drug-likeness (QED) is 0.630. The number of rotatable bonds is 1. The van der Waals surface area contributed by atoms with Crippen molar-refractivity contribution in [3.8, 4) is 0 Å². The zero-order valence-electron chi connectivity index (χ0n) is 6.47. The van der Waals surface area contributed by atoms with Crippen molar-refractivity contribution >= 4 is 5.69 Å². The first kappa shape index (κ1) is 6.99. The first-order valence-corrected chi connectivity index (χ1v) is 3.21. The maximum absolute atomic E-state index is 4.04. The van der Waals surface area contributed by atoms with Crippen molar-refractivity contribution in [2.75, 3.05) is 12.4 Å². The van der Waals surface area contributed by atoms with E-state index in [4.69, 9.17) is 0 Å². The van der Waals surface area contributed by atoms with Crippen LogP contribution in [-0.2, 0) is 0 Å². The molecular weight excluding hydrogens is 126 g/mol. The number of nitrogens with zero attached hydrogens (tertiary/aromatic N) is 2. The van der Waals surface area contributed by atoms with Crippen LogP contribution in [0.25, 0.3) is 0 Å². The first-order valence-electron chi connectivity index (χ1n) is 3.21. The lowest BCUT2D eigenvalue weighted by Gasteiger charge is -2.04. The number of anilines is 1. The Labute approximate surface area is 60.5 Å². The van der Waals surface area contributed by atoms with Gasteiger partial charge in [0, 0.05) is 7.05 Å². The van der Waals surface area contributed by atoms with Crippen LogP contribution in [0.5, 0.6) is 0 Å². The highest BCUT2D eigenvalue weighted by atomic mass is 14.9. The van der Waals surface area contributed by atoms with Crippen LogP contribution in [0.4, 0.5) is 5.69 Å². The Balaban J connectivity index is 3.17. The van der Waals surface area contributed by atoms with Gasteiger partial charge >= 0.3 is 0 Å². The molecule has 0 bridgehead atoms. The van der Waals surface area contributed by atoms with Gasteiger partial charge in [-0.3, -0.25) is 0 Å². The van der Waals surface area contributed by atoms with E-state index in [9.17, 15) is 0 Å². The molecular formula is C7H11N3. The van der Waals surface area contributed by atoms with Gasteiger partial charge in [-0.1, -0.05) is 0 Å². The minimum absolute atomic E-state index is 0.995. The molecule has 1 heterocycles. The van der Waals surface area contributed by atoms with Crippen LogP contribution in [0.2, 0.25) is 0 Å². The van der Waals surface area contributed by atoms with Gasteiger partial charge in [-0.2, -0.15) is 0 Å². The average molecular weight is 137 g/mol. The highest BCUT2D eigenvalue weighted by molar-refractivity contribution is 5.49. The molecule has 1 rings (SSSR count). The summed E-state index contributed by atoms with van der Waals surface area (Å²) < 4.78 is 0. The molecule has 0 unspecified atom stereocenters. The van der Waals surface area contributed by atoms with Crippen LogP contribution in [0.15, 0.2) is 6.33 Å². The zero-order chi connectivity index (χ0) is 7.56. The van der Waals surface area contributed by atoms with E-state index in [1.54, 1.807) is 6.33 Å². The van der Waals surface area contributed by atoms with Gasteiger partial charge in [0.15, 0.2) is 0 Å². The van der Waals surface area contributed by atoms with Gasteiger partial charge in [-0.05, 0) is 13.8 Å². The van der Waals surface area contributed by atoms with Gasteiger partial charge in [0.1, 0.15) is 6.33 Å². The minimum atomic E-state index is 0.995. The van der Waals surface area contributed by atoms with Crippen LogP contribution >= 0.6 is 0 Å². The van der Waals surface area contributed by atoms with E-state index < -0.39 is 0 Å². The molecule has 1 aromatic heterocycles. The highest BCUT2D eigenvalue weighted by Crippen LogP contribution is 2.12. The van der Waals surface area contributed by atoms with Gasteiger partial charge in [0.05, 0.1) is 17.1 Å². The van der Waals surface area contributed by atoms with Gasteiger partial charge in [-0.15, -0.1) is 0 Å². The van der Waals surface area contributed by atoms with E-state index in [0.717, 1.165) is 17.1 Å². The van der Waals surface area contributed by atoms with Crippen molar-refractivity contribution in [2.45, 2.75) is 13.8 Å². The van der Waals surface area contributed by atoms with Crippen LogP contribution in [0, 0.1) is 13.8 Å². The number of aryl methyl sites for hydroxylation is 2. The van der Waals surface area contributed by atoms with Crippen molar-refractivity contribution in [1.29, 1.82) is 0 Å². The maximum atomic E-state index is 4.04. The molecule has 54 valence electrons. The molecule has 0 aromatic carbocycles. The SMILES string of the molecule is CNc1c(C)ncnc1C. The van der Waals surface area contributed by atoms with E-state index in [1.807, 2.05) is 20.9 Å². The Morgan fingerprint density at radius 3 is 2.00 bits per heavy atom. The summed E-state index contributed by atoms with van der Waals surface area (Å²) in [6, 6.07) is 0. The topological polar surface area (TPSA) is 37.8 Å². The summed E-state index contributed by atoms with van der Waals surface area (Å²) >= 11 is 0. The van der Waals surface area contributed by atoms with Crippen LogP contribution in [0.3, 0.4) is 0 Å². The van der Waals surface area contributed by atoms with Crippen molar-refractivity contribution < 1.29 is 0 Å². The Morgan fingerprint density at radius 1 is 1.20 bits per heavy atom. The summed E-state index contributed by atoms with van der Waals surface area (Å²) in [7, 11) is 1.87. The summed E-state index contributed by atoms with van der Waals surface area (Å²) in [6.07, 6.45) is 1.57. The number of hydrogen-bond acceptors (Lipinski definition) is 3. The Bertz CT molecular complexity index is 212. The van der Waals surface area contributed by atoms with Gasteiger partial charge in [0.2, 0.25) is 0 Å². The molecule has 0 saturated carbocycles. The number of aromatic nitrogens is 2. The lowest BCUT2D eigenvalue weighted by Crippen LogP contribution is -1.98. The molecule has 0 atom stereocenters. The fourth-order valence-electron chi connectivity index (χ4n) is 0.955. The van der Waals surface area contributed by atoms with Gasteiger partial charge in [0.25, 0.3) is 0 Å². The first-order chi connectivity index (χ1) is 4.75. The normalized spacial score (nSPS) is 9.50. The van der Waals surface area contributed by atoms with Crippen LogP contribution in [-0.4, -0.2) is 17.0 Å². The molecule has 0 radical (unpaired) electrons. The monoisotopic (exact) mass is 137 g/mol. The van der Waals surface area contributed by atoms with Crippen molar-refractivity contribution in [3.05, 3.63) is 17.7 Å². The van der Waals surface area contributed by atoms with E-state index in [0.29, 0.717) is 0 Å². The van der Waals surface area contributed by atoms with E-state index in [2.05, 4.69) is 15.3 Å². The molecule has 1 N–H and O–H groups in total. The molecule has 3 heteroatoms. The molecule has 10 heavy (non-hydrogen) atoms. The van der Waals surface area contributed by atoms with E-state index >= 15 is 0 Å². The van der Waals surface area contributed by atoms with Gasteiger partial charge < -0.3 is 5.32 Å². The van der Waals surface area contributed by atoms with Crippen LogP contribution < -0.4 is 5.32 Å². The fourth-order valence-corrected chi connectivity index (χ4v) is 0.955. The standard InChI is InChI=1S/C7H11N3/c1-5-7(8-3)6(2)10-4-9-5/h4,8H,1-3H3. The third-order valence-electron chi connectivity index (χ3n) is 1.48. The van der Waals surface area contributed by atoms with E-state index in [1.165, 1.54) is 0 Å². The molecule has 1 aromatic rings. The number of nitrogens with one attached hydrogen (secondary N) is 1. The summed E-state index contributed by atoms with van der Waals surface area (Å²) in [5, 5.41) is 3.04. The predicted octanol–water partition coefficient (Wildman–Crippen LogP) is 1.14. The summed E-state index contributed by atoms with van der Waals surface area (Å²) in [5.41, 5.74) is 3.02. The second-order valence-electron chi connectivity index (χ2n) is 2.17. The second kappa shape index (κ2) is 2.64. The second-order valence-corrected chi connectivity index (χ2v) is 2.17. The Morgan fingerprint density at radius 2 is 1.70 bits per heavy atom. The summed E-state index contributed by atoms with van der Waals surface area (Å²) in [6.45, 7) is 3.92. The Hall–Kier alpha value is -1.12. The third-order valence-corrected chi connectivity index (χ3v) is 1.48. The largest absolute Gasteiger partial charge is 0.385 e. The summed E-state index contributed by atoms with van der Waals surface area (Å²) in [4.78, 5) is 8.07. The number of hydrogen-bond donors (Lipinski definition) is 1. The smallest absolute Gasteiger partial charge is 0.116 e. The lowest BCUT2D eigenvalue weighted by molar-refractivity contribution is 1.05. The summed E-state index contributed by atoms with van der Waals surface area (Å²) in [5.74, 6) is 0. The average Bonchev–Trinajstić information content (AvgIpc) is 1.88. The van der Waals surface area contributed by atoms with Crippen LogP contribution in [0.1, 0.15) is 11.4 Å². The molecule has 0 aliphatic carbocycles.